The molecule has 408 valence electrons. The number of amides is 2. The lowest BCUT2D eigenvalue weighted by atomic mass is 9.89. The van der Waals surface area contributed by atoms with E-state index < -0.39 is 105 Å². The van der Waals surface area contributed by atoms with Gasteiger partial charge in [-0.2, -0.15) is 0 Å². The zero-order valence-electron chi connectivity index (χ0n) is 41.4. The van der Waals surface area contributed by atoms with Crippen molar-refractivity contribution in [2.24, 2.45) is 11.8 Å². The van der Waals surface area contributed by atoms with Crippen molar-refractivity contribution in [3.8, 4) is 0 Å². The summed E-state index contributed by atoms with van der Waals surface area (Å²) >= 11 is 25.0. The average molecular weight is 1180 g/mol. The van der Waals surface area contributed by atoms with Crippen molar-refractivity contribution < 1.29 is 55.7 Å². The molecule has 22 heteroatoms. The van der Waals surface area contributed by atoms with Gasteiger partial charge in [0.15, 0.2) is 19.7 Å². The molecule has 2 aliphatic carbocycles. The third-order valence-electron chi connectivity index (χ3n) is 14.2. The molecule has 2 N–H and O–H groups in total. The Morgan fingerprint density at radius 3 is 1.17 bits per heavy atom. The number of rotatable bonds is 18. The van der Waals surface area contributed by atoms with E-state index in [2.05, 4.69) is 9.97 Å². The fourth-order valence-electron chi connectivity index (χ4n) is 10.3. The topological polar surface area (TPSA) is 228 Å². The number of hydrogen-bond acceptors (Lipinski definition) is 12. The number of morpholine rings is 2. The van der Waals surface area contributed by atoms with E-state index >= 15 is 0 Å². The van der Waals surface area contributed by atoms with Crippen LogP contribution in [0.15, 0.2) is 156 Å². The molecule has 10 rings (SSSR count). The zero-order valence-corrected chi connectivity index (χ0v) is 46.0. The Bertz CT molecular complexity index is 3150. The highest BCUT2D eigenvalue weighted by Crippen LogP contribution is 2.50. The van der Waals surface area contributed by atoms with Crippen LogP contribution >= 0.6 is 46.4 Å². The number of ether oxygens (including phenoxy) is 2. The minimum Gasteiger partial charge on any atom is -0.481 e. The molecule has 8 atom stereocenters. The lowest BCUT2D eigenvalue weighted by Crippen LogP contribution is -2.57. The predicted octanol–water partition coefficient (Wildman–Crippen LogP) is 10.3. The van der Waals surface area contributed by atoms with E-state index in [9.17, 15) is 46.2 Å². The Kier molecular flexibility index (Phi) is 17.6. The van der Waals surface area contributed by atoms with Crippen LogP contribution in [0.25, 0.3) is 0 Å². The number of nitrogens with zero attached hydrogens (tertiary/aromatic N) is 4. The van der Waals surface area contributed by atoms with Gasteiger partial charge in [-0.25, -0.2) is 16.8 Å². The second kappa shape index (κ2) is 24.2. The molecule has 4 heterocycles. The fourth-order valence-corrected chi connectivity index (χ4v) is 14.2. The first-order valence-corrected chi connectivity index (χ1v) is 29.8. The van der Waals surface area contributed by atoms with Gasteiger partial charge in [0.2, 0.25) is 0 Å². The number of aliphatic carboxylic acids is 2. The Labute approximate surface area is 471 Å². The molecule has 0 radical (unpaired) electrons. The summed E-state index contributed by atoms with van der Waals surface area (Å²) in [5.41, 5.74) is 2.64. The Morgan fingerprint density at radius 2 is 0.859 bits per heavy atom. The van der Waals surface area contributed by atoms with Crippen molar-refractivity contribution in [3.63, 3.8) is 0 Å². The maximum atomic E-state index is 14.0. The van der Waals surface area contributed by atoms with Gasteiger partial charge in [0.25, 0.3) is 11.8 Å². The number of carboxylic acid groups (broad SMARTS) is 2. The SMILES string of the molecule is O=C(O)C[C@@H]1O[C@H](c2cccc(Cl)c2)[C@@H](c2ccc(Cl)cc2)N([C@H](CS(=O)(=O)c2ccncc2)C2CC2)C1=O.O=C(O)C[C@H]1O[C@H](c2cccc(Cl)c2)[C@@H](c2ccc(Cl)cc2)N([C@H](CS(=O)(=O)c2ccncc2)C2CC2)C1=O. The Balaban J connectivity index is 0.000000190. The van der Waals surface area contributed by atoms with Crippen molar-refractivity contribution in [1.82, 2.24) is 19.8 Å². The number of hydrogen-bond donors (Lipinski definition) is 2. The van der Waals surface area contributed by atoms with Crippen LogP contribution in [0.1, 0.15) is 85.1 Å². The quantitative estimate of drug-likeness (QED) is 0.0816. The Morgan fingerprint density at radius 1 is 0.513 bits per heavy atom. The molecule has 6 aromatic rings. The first-order chi connectivity index (χ1) is 37.3. The van der Waals surface area contributed by atoms with Gasteiger partial charge in [-0.1, -0.05) is 94.9 Å². The van der Waals surface area contributed by atoms with Crippen LogP contribution < -0.4 is 0 Å². The first-order valence-electron chi connectivity index (χ1n) is 24.9. The summed E-state index contributed by atoms with van der Waals surface area (Å²) in [6, 6.07) is 30.6. The number of aromatic nitrogens is 2. The van der Waals surface area contributed by atoms with Gasteiger partial charge in [0.1, 0.15) is 24.4 Å². The highest BCUT2D eigenvalue weighted by atomic mass is 35.5. The molecule has 0 spiro atoms. The summed E-state index contributed by atoms with van der Waals surface area (Å²) in [4.78, 5) is 62.7. The van der Waals surface area contributed by atoms with Crippen LogP contribution in [-0.4, -0.2) is 106 Å². The van der Waals surface area contributed by atoms with Gasteiger partial charge in [-0.3, -0.25) is 29.1 Å². The van der Waals surface area contributed by atoms with Gasteiger partial charge >= 0.3 is 11.9 Å². The smallest absolute Gasteiger partial charge is 0.306 e. The number of carbonyl (C=O) groups is 4. The second-order valence-electron chi connectivity index (χ2n) is 19.6. The predicted molar refractivity (Wildman–Crippen MR) is 290 cm³/mol. The van der Waals surface area contributed by atoms with Crippen molar-refractivity contribution in [3.05, 3.63) is 188 Å². The molecule has 2 amide bonds. The molecule has 0 bridgehead atoms. The minimum absolute atomic E-state index is 0.0658. The summed E-state index contributed by atoms with van der Waals surface area (Å²) in [7, 11) is -7.62. The first kappa shape index (κ1) is 56.7. The standard InChI is InChI=1S/2C28H26Cl2N2O6S/c2*29-20-8-6-18(7-9-20)26-27(19-2-1-3-21(30)14-19)38-24(15-25(33)34)28(35)32(26)23(17-4-5-17)16-39(36,37)22-10-12-31-13-11-22/h2*1-3,6-14,17,23-24,26-27H,4-5,15-16H2,(H,33,34)/t23-,24+,26-,27-;23-,24-,26-,27-/m11/s1. The monoisotopic (exact) mass is 1180 g/mol. The fraction of sp³-hybridized carbons (Fsp3) is 0.321. The van der Waals surface area contributed by atoms with E-state index in [1.807, 2.05) is 0 Å². The molecule has 4 aromatic carbocycles. The van der Waals surface area contributed by atoms with E-state index in [1.165, 1.54) is 49.1 Å². The van der Waals surface area contributed by atoms with Crippen LogP contribution in [-0.2, 0) is 48.3 Å². The highest BCUT2D eigenvalue weighted by Gasteiger charge is 2.53. The minimum atomic E-state index is -3.81. The van der Waals surface area contributed by atoms with E-state index in [1.54, 1.807) is 107 Å². The molecule has 2 aliphatic heterocycles. The van der Waals surface area contributed by atoms with Crippen molar-refractivity contribution >= 4 is 89.8 Å². The van der Waals surface area contributed by atoms with Gasteiger partial charge in [0.05, 0.1) is 46.2 Å². The van der Waals surface area contributed by atoms with Crippen LogP contribution in [0.5, 0.6) is 0 Å². The maximum absolute atomic E-state index is 14.0. The maximum Gasteiger partial charge on any atom is 0.306 e. The zero-order chi connectivity index (χ0) is 55.5. The average Bonchev–Trinajstić information content (AvgIpc) is 4.44. The van der Waals surface area contributed by atoms with Crippen molar-refractivity contribution in [1.29, 1.82) is 0 Å². The van der Waals surface area contributed by atoms with Gasteiger partial charge < -0.3 is 29.5 Å². The summed E-state index contributed by atoms with van der Waals surface area (Å²) in [6.45, 7) is 0. The number of pyridine rings is 2. The van der Waals surface area contributed by atoms with Crippen molar-refractivity contribution in [2.45, 2.75) is 96.9 Å². The third-order valence-corrected chi connectivity index (χ3v) is 18.7. The molecular formula is C56H52Cl4N4O12S2. The summed E-state index contributed by atoms with van der Waals surface area (Å²) in [5, 5.41) is 21.1. The summed E-state index contributed by atoms with van der Waals surface area (Å²) < 4.78 is 66.6. The number of carbonyl (C=O) groups excluding carboxylic acids is 2. The van der Waals surface area contributed by atoms with E-state index in [4.69, 9.17) is 55.9 Å². The third kappa shape index (κ3) is 13.4. The lowest BCUT2D eigenvalue weighted by molar-refractivity contribution is -0.183. The van der Waals surface area contributed by atoms with Crippen LogP contribution in [0.4, 0.5) is 0 Å². The van der Waals surface area contributed by atoms with Crippen molar-refractivity contribution in [2.75, 3.05) is 11.5 Å². The molecule has 0 unspecified atom stereocenters. The molecule has 2 saturated carbocycles. The van der Waals surface area contributed by atoms with E-state index in [0.717, 1.165) is 25.7 Å². The second-order valence-corrected chi connectivity index (χ2v) is 25.4. The number of carboxylic acids is 2. The summed E-state index contributed by atoms with van der Waals surface area (Å²) in [5.74, 6) is -4.28. The van der Waals surface area contributed by atoms with Crippen LogP contribution in [0.2, 0.25) is 20.1 Å². The molecule has 4 aliphatic rings. The van der Waals surface area contributed by atoms with Gasteiger partial charge in [0, 0.05) is 57.0 Å². The molecule has 2 aromatic heterocycles. The van der Waals surface area contributed by atoms with E-state index in [0.29, 0.717) is 42.3 Å². The highest BCUT2D eigenvalue weighted by molar-refractivity contribution is 7.91. The summed E-state index contributed by atoms with van der Waals surface area (Å²) in [6.07, 6.45) is 3.29. The van der Waals surface area contributed by atoms with Crippen LogP contribution in [0, 0.1) is 11.8 Å². The Hall–Kier alpha value is -5.96. The van der Waals surface area contributed by atoms with E-state index in [-0.39, 0.29) is 33.1 Å². The largest absolute Gasteiger partial charge is 0.481 e. The molecule has 78 heavy (non-hydrogen) atoms. The van der Waals surface area contributed by atoms with Gasteiger partial charge in [-0.15, -0.1) is 0 Å². The van der Waals surface area contributed by atoms with Gasteiger partial charge in [-0.05, 0) is 133 Å². The number of sulfone groups is 2. The molecule has 4 fully saturated rings. The van der Waals surface area contributed by atoms with Crippen LogP contribution in [0.3, 0.4) is 0 Å². The molecule has 2 saturated heterocycles. The normalized spacial score (nSPS) is 22.5. The molecule has 16 nitrogen and oxygen atoms in total. The molecular weight excluding hydrogens is 1130 g/mol. The number of benzene rings is 4. The lowest BCUT2D eigenvalue weighted by Gasteiger charge is -2.48. The number of halogens is 4.